The lowest BCUT2D eigenvalue weighted by molar-refractivity contribution is -0.127. The number of nitrogens with zero attached hydrogens (tertiary/aromatic N) is 2. The lowest BCUT2D eigenvalue weighted by Gasteiger charge is -2.15. The Labute approximate surface area is 179 Å². The second kappa shape index (κ2) is 12.1. The van der Waals surface area contributed by atoms with Gasteiger partial charge in [0.1, 0.15) is 0 Å². The number of carbonyl (C=O) groups is 1. The molecule has 0 aliphatic carbocycles. The number of nitrogens with one attached hydrogen (secondary N) is 2. The molecule has 0 saturated heterocycles. The van der Waals surface area contributed by atoms with E-state index in [4.69, 9.17) is 5.14 Å². The number of amides is 1. The van der Waals surface area contributed by atoms with E-state index < -0.39 is 10.0 Å². The highest BCUT2D eigenvalue weighted by Gasteiger charge is 2.08. The van der Waals surface area contributed by atoms with Crippen LogP contribution in [0.5, 0.6) is 0 Å². The predicted octanol–water partition coefficient (Wildman–Crippen LogP) is 1.12. The summed E-state index contributed by atoms with van der Waals surface area (Å²) in [4.78, 5) is 17.8. The van der Waals surface area contributed by atoms with Gasteiger partial charge < -0.3 is 15.5 Å². The van der Waals surface area contributed by atoms with E-state index >= 15 is 0 Å². The Morgan fingerprint density at radius 3 is 2.26 bits per heavy atom. The van der Waals surface area contributed by atoms with Crippen molar-refractivity contribution in [2.24, 2.45) is 16.0 Å². The van der Waals surface area contributed by atoms with Gasteiger partial charge in [0.25, 0.3) is 0 Å². The fraction of sp³-hybridized carbons (Fsp3) is 0.529. The molecule has 0 aromatic heterocycles. The molecule has 0 bridgehead atoms. The van der Waals surface area contributed by atoms with Crippen LogP contribution in [0.15, 0.2) is 34.2 Å². The number of aliphatic imine (C=N–C) groups is 1. The van der Waals surface area contributed by atoms with Crippen LogP contribution in [0.25, 0.3) is 0 Å². The summed E-state index contributed by atoms with van der Waals surface area (Å²) in [5.41, 5.74) is 0.835. The van der Waals surface area contributed by atoms with Gasteiger partial charge in [-0.2, -0.15) is 0 Å². The third kappa shape index (κ3) is 10.5. The molecule has 0 unspecified atom stereocenters. The number of likely N-dealkylation sites (N-methyl/N-ethyl adjacent to an activating group) is 1. The molecule has 0 saturated carbocycles. The van der Waals surface area contributed by atoms with Crippen LogP contribution in [0.4, 0.5) is 0 Å². The van der Waals surface area contributed by atoms with Gasteiger partial charge in [0.05, 0.1) is 18.0 Å². The number of guanidine groups is 1. The van der Waals surface area contributed by atoms with E-state index in [1.807, 2.05) is 0 Å². The fourth-order valence-corrected chi connectivity index (χ4v) is 2.44. The quantitative estimate of drug-likeness (QED) is 0.275. The van der Waals surface area contributed by atoms with E-state index in [2.05, 4.69) is 29.5 Å². The second-order valence-electron chi connectivity index (χ2n) is 6.60. The van der Waals surface area contributed by atoms with Gasteiger partial charge >= 0.3 is 0 Å². The number of halogens is 1. The number of hydrogen-bond donors (Lipinski definition) is 3. The molecule has 0 atom stereocenters. The number of nitrogens with two attached hydrogens (primary N) is 1. The number of carbonyl (C=O) groups excluding carboxylic acids is 1. The third-order valence-electron chi connectivity index (χ3n) is 3.59. The Bertz CT molecular complexity index is 719. The molecule has 8 nitrogen and oxygen atoms in total. The van der Waals surface area contributed by atoms with Gasteiger partial charge in [-0.1, -0.05) is 26.0 Å². The molecule has 10 heteroatoms. The Hall–Kier alpha value is -1.40. The molecule has 27 heavy (non-hydrogen) atoms. The first-order valence-electron chi connectivity index (χ1n) is 8.43. The summed E-state index contributed by atoms with van der Waals surface area (Å²) in [6, 6.07) is 6.24. The summed E-state index contributed by atoms with van der Waals surface area (Å²) in [6.07, 6.45) is 0.978. The van der Waals surface area contributed by atoms with Gasteiger partial charge in [0.15, 0.2) is 5.96 Å². The molecule has 154 valence electrons. The van der Waals surface area contributed by atoms with E-state index in [1.165, 1.54) is 17.0 Å². The van der Waals surface area contributed by atoms with Crippen LogP contribution < -0.4 is 15.8 Å². The van der Waals surface area contributed by atoms with Crippen molar-refractivity contribution in [2.45, 2.75) is 31.7 Å². The maximum atomic E-state index is 11.7. The Morgan fingerprint density at radius 1 is 1.19 bits per heavy atom. The summed E-state index contributed by atoms with van der Waals surface area (Å²) in [5.74, 6) is 1.04. The molecule has 0 fully saturated rings. The zero-order valence-electron chi connectivity index (χ0n) is 16.2. The highest BCUT2D eigenvalue weighted by atomic mass is 127. The molecule has 1 amide bonds. The number of primary sulfonamides is 1. The molecule has 0 heterocycles. The second-order valence-corrected chi connectivity index (χ2v) is 8.17. The molecule has 1 aromatic rings. The lowest BCUT2D eigenvalue weighted by Crippen LogP contribution is -2.43. The molecular weight excluding hydrogens is 481 g/mol. The number of rotatable bonds is 8. The maximum Gasteiger partial charge on any atom is 0.241 e. The van der Waals surface area contributed by atoms with Crippen molar-refractivity contribution in [3.8, 4) is 0 Å². The van der Waals surface area contributed by atoms with Crippen LogP contribution in [0.1, 0.15) is 25.8 Å². The van der Waals surface area contributed by atoms with Gasteiger partial charge in [0, 0.05) is 20.6 Å². The van der Waals surface area contributed by atoms with E-state index in [1.54, 1.807) is 26.2 Å². The summed E-state index contributed by atoms with van der Waals surface area (Å²) in [5, 5.41) is 11.3. The van der Waals surface area contributed by atoms with Gasteiger partial charge in [-0.15, -0.1) is 24.0 Å². The van der Waals surface area contributed by atoms with E-state index in [-0.39, 0.29) is 41.3 Å². The first kappa shape index (κ1) is 25.6. The first-order chi connectivity index (χ1) is 12.1. The van der Waals surface area contributed by atoms with Crippen LogP contribution in [0, 0.1) is 5.92 Å². The van der Waals surface area contributed by atoms with Gasteiger partial charge in [-0.05, 0) is 30.0 Å². The standard InChI is InChI=1S/C17H29N5O3S.HI/c1-13(2)9-10-19-17(21-12-16(23)22(3)4)20-11-14-5-7-15(8-6-14)26(18,24)25;/h5-8,13H,9-12H2,1-4H3,(H2,18,24,25)(H2,19,20,21);1H. The summed E-state index contributed by atoms with van der Waals surface area (Å²) in [6.45, 7) is 5.50. The van der Waals surface area contributed by atoms with Crippen molar-refractivity contribution in [3.05, 3.63) is 29.8 Å². The Balaban J connectivity index is 0.00000676. The molecule has 1 rings (SSSR count). The molecule has 0 spiro atoms. The van der Waals surface area contributed by atoms with E-state index in [9.17, 15) is 13.2 Å². The molecule has 4 N–H and O–H groups in total. The molecular formula is C17H30IN5O3S. The molecule has 0 aliphatic rings. The average molecular weight is 511 g/mol. The van der Waals surface area contributed by atoms with Crippen molar-refractivity contribution in [1.82, 2.24) is 15.5 Å². The normalized spacial score (nSPS) is 11.7. The molecule has 0 aliphatic heterocycles. The SMILES string of the molecule is CC(C)CCNC(=NCc1ccc(S(N)(=O)=O)cc1)NCC(=O)N(C)C.I. The van der Waals surface area contributed by atoms with Gasteiger partial charge in [-0.3, -0.25) is 4.79 Å². The minimum absolute atomic E-state index is 0. The lowest BCUT2D eigenvalue weighted by atomic mass is 10.1. The largest absolute Gasteiger partial charge is 0.356 e. The minimum atomic E-state index is -3.70. The third-order valence-corrected chi connectivity index (χ3v) is 4.52. The first-order valence-corrected chi connectivity index (χ1v) is 9.98. The molecule has 0 radical (unpaired) electrons. The van der Waals surface area contributed by atoms with Gasteiger partial charge in [-0.25, -0.2) is 18.5 Å². The van der Waals surface area contributed by atoms with Crippen molar-refractivity contribution >= 4 is 45.9 Å². The van der Waals surface area contributed by atoms with Crippen LogP contribution >= 0.6 is 24.0 Å². The fourth-order valence-electron chi connectivity index (χ4n) is 1.93. The Kier molecular flexibility index (Phi) is 11.5. The topological polar surface area (TPSA) is 117 Å². The van der Waals surface area contributed by atoms with Crippen LogP contribution in [-0.4, -0.2) is 52.4 Å². The molecule has 1 aromatic carbocycles. The predicted molar refractivity (Wildman–Crippen MR) is 119 cm³/mol. The zero-order valence-corrected chi connectivity index (χ0v) is 19.4. The monoisotopic (exact) mass is 511 g/mol. The highest BCUT2D eigenvalue weighted by molar-refractivity contribution is 14.0. The van der Waals surface area contributed by atoms with Crippen LogP contribution in [0.3, 0.4) is 0 Å². The van der Waals surface area contributed by atoms with Crippen molar-refractivity contribution in [1.29, 1.82) is 0 Å². The number of hydrogen-bond acceptors (Lipinski definition) is 4. The summed E-state index contributed by atoms with van der Waals surface area (Å²) >= 11 is 0. The smallest absolute Gasteiger partial charge is 0.241 e. The number of sulfonamides is 1. The van der Waals surface area contributed by atoms with Gasteiger partial charge in [0.2, 0.25) is 15.9 Å². The van der Waals surface area contributed by atoms with Crippen molar-refractivity contribution in [3.63, 3.8) is 0 Å². The van der Waals surface area contributed by atoms with E-state index in [0.29, 0.717) is 18.4 Å². The average Bonchev–Trinajstić information content (AvgIpc) is 2.55. The highest BCUT2D eigenvalue weighted by Crippen LogP contribution is 2.09. The summed E-state index contributed by atoms with van der Waals surface area (Å²) in [7, 11) is -0.311. The van der Waals surface area contributed by atoms with Crippen LogP contribution in [0.2, 0.25) is 0 Å². The van der Waals surface area contributed by atoms with E-state index in [0.717, 1.165) is 18.5 Å². The zero-order chi connectivity index (χ0) is 19.7. The maximum absolute atomic E-state index is 11.7. The van der Waals surface area contributed by atoms with Crippen molar-refractivity contribution < 1.29 is 13.2 Å². The minimum Gasteiger partial charge on any atom is -0.356 e. The van der Waals surface area contributed by atoms with Crippen LogP contribution in [-0.2, 0) is 21.4 Å². The number of benzene rings is 1. The summed E-state index contributed by atoms with van der Waals surface area (Å²) < 4.78 is 22.6. The van der Waals surface area contributed by atoms with Crippen molar-refractivity contribution in [2.75, 3.05) is 27.2 Å². The Morgan fingerprint density at radius 2 is 1.78 bits per heavy atom.